The molecule has 0 saturated carbocycles. The maximum Gasteiger partial charge on any atom is 0.105 e. The molecule has 0 aliphatic carbocycles. The van der Waals surface area contributed by atoms with Crippen LogP contribution in [0.5, 0.6) is 0 Å². The molecule has 3 aromatic rings. The summed E-state index contributed by atoms with van der Waals surface area (Å²) in [4.78, 5) is 4.47. The fraction of sp³-hybridized carbons (Fsp3) is 0.133. The molecular formula is C15H12INOS. The normalized spacial score (nSPS) is 12.8. The zero-order valence-corrected chi connectivity index (χ0v) is 13.3. The van der Waals surface area contributed by atoms with Crippen molar-refractivity contribution < 1.29 is 5.11 Å². The van der Waals surface area contributed by atoms with Gasteiger partial charge >= 0.3 is 0 Å². The van der Waals surface area contributed by atoms with Crippen LogP contribution in [0.4, 0.5) is 0 Å². The second kappa shape index (κ2) is 5.19. The Kier molecular flexibility index (Phi) is 3.56. The van der Waals surface area contributed by atoms with Gasteiger partial charge in [-0.3, -0.25) is 4.98 Å². The van der Waals surface area contributed by atoms with Crippen molar-refractivity contribution in [1.29, 1.82) is 0 Å². The highest BCUT2D eigenvalue weighted by Gasteiger charge is 2.12. The number of rotatable bonds is 2. The van der Waals surface area contributed by atoms with Crippen LogP contribution in [0, 0.1) is 9.81 Å². The minimum atomic E-state index is -0.564. The standard InChI is InChI=1S/C15H12INOS/c1-9-2-3-10-6-11(4-5-13(10)17-9)15(18)12-7-14(16)19-8-12/h2-8,15,18H,1H3. The van der Waals surface area contributed by atoms with Gasteiger partial charge in [-0.2, -0.15) is 0 Å². The number of hydrogen-bond acceptors (Lipinski definition) is 3. The molecule has 0 aliphatic heterocycles. The van der Waals surface area contributed by atoms with Gasteiger partial charge < -0.3 is 5.11 Å². The first-order valence-corrected chi connectivity index (χ1v) is 7.88. The summed E-state index contributed by atoms with van der Waals surface area (Å²) in [5.74, 6) is 0. The second-order valence-electron chi connectivity index (χ2n) is 4.49. The molecule has 0 aliphatic rings. The number of aliphatic hydroxyl groups is 1. The van der Waals surface area contributed by atoms with Crippen LogP contribution in [-0.2, 0) is 0 Å². The molecule has 0 spiro atoms. The Labute approximate surface area is 129 Å². The first-order valence-electron chi connectivity index (χ1n) is 5.93. The van der Waals surface area contributed by atoms with Crippen molar-refractivity contribution in [3.63, 3.8) is 0 Å². The molecule has 0 saturated heterocycles. The average molecular weight is 381 g/mol. The Bertz CT molecular complexity index is 738. The van der Waals surface area contributed by atoms with Crippen LogP contribution in [0.1, 0.15) is 22.9 Å². The summed E-state index contributed by atoms with van der Waals surface area (Å²) in [5, 5.41) is 13.5. The number of thiophene rings is 1. The van der Waals surface area contributed by atoms with Crippen LogP contribution in [0.25, 0.3) is 10.9 Å². The van der Waals surface area contributed by atoms with Gasteiger partial charge in [0.15, 0.2) is 0 Å². The van der Waals surface area contributed by atoms with E-state index in [-0.39, 0.29) is 0 Å². The van der Waals surface area contributed by atoms with Gasteiger partial charge in [-0.15, -0.1) is 11.3 Å². The van der Waals surface area contributed by atoms with E-state index < -0.39 is 6.10 Å². The van der Waals surface area contributed by atoms with E-state index >= 15 is 0 Å². The molecule has 2 aromatic heterocycles. The van der Waals surface area contributed by atoms with Gasteiger partial charge in [-0.25, -0.2) is 0 Å². The summed E-state index contributed by atoms with van der Waals surface area (Å²) in [6.07, 6.45) is -0.564. The van der Waals surface area contributed by atoms with Crippen molar-refractivity contribution >= 4 is 44.8 Å². The summed E-state index contributed by atoms with van der Waals surface area (Å²) in [6.45, 7) is 1.98. The topological polar surface area (TPSA) is 33.1 Å². The van der Waals surface area contributed by atoms with Crippen LogP contribution >= 0.6 is 33.9 Å². The monoisotopic (exact) mass is 381 g/mol. The van der Waals surface area contributed by atoms with Gasteiger partial charge in [0.2, 0.25) is 0 Å². The van der Waals surface area contributed by atoms with Gasteiger partial charge in [0, 0.05) is 11.1 Å². The van der Waals surface area contributed by atoms with Crippen molar-refractivity contribution in [2.24, 2.45) is 0 Å². The quantitative estimate of drug-likeness (QED) is 0.672. The predicted molar refractivity (Wildman–Crippen MR) is 87.6 cm³/mol. The Morgan fingerprint density at radius 1 is 1.16 bits per heavy atom. The molecule has 2 nitrogen and oxygen atoms in total. The number of nitrogens with zero attached hydrogens (tertiary/aromatic N) is 1. The Hall–Kier alpha value is -0.980. The molecule has 2 heterocycles. The average Bonchev–Trinajstić information content (AvgIpc) is 2.84. The van der Waals surface area contributed by atoms with E-state index in [2.05, 4.69) is 27.6 Å². The van der Waals surface area contributed by atoms with Crippen molar-refractivity contribution in [3.05, 3.63) is 61.5 Å². The summed E-state index contributed by atoms with van der Waals surface area (Å²) < 4.78 is 1.18. The summed E-state index contributed by atoms with van der Waals surface area (Å²) in [6, 6.07) is 12.0. The number of halogens is 1. The highest BCUT2D eigenvalue weighted by Crippen LogP contribution is 2.28. The molecule has 1 atom stereocenters. The molecule has 0 amide bonds. The predicted octanol–water partition coefficient (Wildman–Crippen LogP) is 4.29. The number of aromatic nitrogens is 1. The smallest absolute Gasteiger partial charge is 0.105 e. The lowest BCUT2D eigenvalue weighted by molar-refractivity contribution is 0.221. The third-order valence-corrected chi connectivity index (χ3v) is 4.88. The van der Waals surface area contributed by atoms with Crippen LogP contribution < -0.4 is 0 Å². The summed E-state index contributed by atoms with van der Waals surface area (Å²) >= 11 is 3.92. The lowest BCUT2D eigenvalue weighted by atomic mass is 10.0. The number of fused-ring (bicyclic) bond motifs is 1. The summed E-state index contributed by atoms with van der Waals surface area (Å²) in [5.41, 5.74) is 3.84. The summed E-state index contributed by atoms with van der Waals surface area (Å²) in [7, 11) is 0. The van der Waals surface area contributed by atoms with Crippen molar-refractivity contribution in [2.45, 2.75) is 13.0 Å². The minimum absolute atomic E-state index is 0.564. The Morgan fingerprint density at radius 3 is 2.74 bits per heavy atom. The van der Waals surface area contributed by atoms with Gasteiger partial charge in [0.1, 0.15) is 6.10 Å². The second-order valence-corrected chi connectivity index (χ2v) is 7.30. The maximum absolute atomic E-state index is 10.4. The molecule has 1 unspecified atom stereocenters. The zero-order chi connectivity index (χ0) is 13.4. The van der Waals surface area contributed by atoms with E-state index in [0.717, 1.165) is 27.7 Å². The molecular weight excluding hydrogens is 369 g/mol. The van der Waals surface area contributed by atoms with Crippen LogP contribution in [0.2, 0.25) is 0 Å². The molecule has 0 bridgehead atoms. The van der Waals surface area contributed by atoms with E-state index in [9.17, 15) is 5.11 Å². The van der Waals surface area contributed by atoms with Crippen molar-refractivity contribution in [3.8, 4) is 0 Å². The number of aryl methyl sites for hydroxylation is 1. The Balaban J connectivity index is 2.03. The van der Waals surface area contributed by atoms with Crippen molar-refractivity contribution in [1.82, 2.24) is 4.98 Å². The lowest BCUT2D eigenvalue weighted by Gasteiger charge is -2.10. The number of pyridine rings is 1. The number of benzene rings is 1. The molecule has 1 aromatic carbocycles. The fourth-order valence-electron chi connectivity index (χ4n) is 2.08. The molecule has 19 heavy (non-hydrogen) atoms. The third-order valence-electron chi connectivity index (χ3n) is 3.07. The fourth-order valence-corrected chi connectivity index (χ4v) is 3.47. The van der Waals surface area contributed by atoms with E-state index in [0.29, 0.717) is 0 Å². The number of aliphatic hydroxyl groups excluding tert-OH is 1. The van der Waals surface area contributed by atoms with Gasteiger partial charge in [0.05, 0.1) is 8.40 Å². The first kappa shape index (κ1) is 13.0. The molecule has 1 N–H and O–H groups in total. The molecule has 0 radical (unpaired) electrons. The van der Waals surface area contributed by atoms with Gasteiger partial charge in [-0.05, 0) is 70.3 Å². The first-order chi connectivity index (χ1) is 9.13. The van der Waals surface area contributed by atoms with Crippen molar-refractivity contribution in [2.75, 3.05) is 0 Å². The van der Waals surface area contributed by atoms with E-state index in [1.54, 1.807) is 11.3 Å². The van der Waals surface area contributed by atoms with Crippen LogP contribution in [0.15, 0.2) is 41.8 Å². The third kappa shape index (κ3) is 2.66. The highest BCUT2D eigenvalue weighted by atomic mass is 127. The Morgan fingerprint density at radius 2 is 2.00 bits per heavy atom. The van der Waals surface area contributed by atoms with Crippen LogP contribution in [-0.4, -0.2) is 10.1 Å². The largest absolute Gasteiger partial charge is 0.384 e. The molecule has 0 fully saturated rings. The van der Waals surface area contributed by atoms with E-state index in [1.165, 1.54) is 2.88 Å². The van der Waals surface area contributed by atoms with E-state index in [4.69, 9.17) is 0 Å². The lowest BCUT2D eigenvalue weighted by Crippen LogP contribution is -1.98. The molecule has 4 heteroatoms. The SMILES string of the molecule is Cc1ccc2cc(C(O)c3csc(I)c3)ccc2n1. The molecule has 3 rings (SSSR count). The van der Waals surface area contributed by atoms with E-state index in [1.807, 2.05) is 48.7 Å². The maximum atomic E-state index is 10.4. The van der Waals surface area contributed by atoms with Gasteiger partial charge in [0.25, 0.3) is 0 Å². The number of hydrogen-bond donors (Lipinski definition) is 1. The molecule has 96 valence electrons. The van der Waals surface area contributed by atoms with Gasteiger partial charge in [-0.1, -0.05) is 12.1 Å². The van der Waals surface area contributed by atoms with Crippen LogP contribution in [0.3, 0.4) is 0 Å². The highest BCUT2D eigenvalue weighted by molar-refractivity contribution is 14.1. The zero-order valence-electron chi connectivity index (χ0n) is 10.3. The minimum Gasteiger partial charge on any atom is -0.384 e.